The fraction of sp³-hybridized carbons (Fsp3) is 0.364. The van der Waals surface area contributed by atoms with Crippen molar-refractivity contribution in [2.45, 2.75) is 67.9 Å². The minimum absolute atomic E-state index is 0.0338. The van der Waals surface area contributed by atoms with Crippen molar-refractivity contribution in [1.29, 1.82) is 5.26 Å². The summed E-state index contributed by atoms with van der Waals surface area (Å²) in [5, 5.41) is 10.2. The van der Waals surface area contributed by atoms with Crippen LogP contribution in [0.4, 0.5) is 5.13 Å². The van der Waals surface area contributed by atoms with Crippen LogP contribution < -0.4 is 9.46 Å². The highest BCUT2D eigenvalue weighted by Crippen LogP contribution is 2.58. The third-order valence-corrected chi connectivity index (χ3v) is 11.1. The second-order valence-electron chi connectivity index (χ2n) is 11.8. The first kappa shape index (κ1) is 29.3. The first-order chi connectivity index (χ1) is 20.7. The van der Waals surface area contributed by atoms with Gasteiger partial charge in [0.2, 0.25) is 5.13 Å². The number of nitriles is 1. The molecule has 1 heterocycles. The van der Waals surface area contributed by atoms with E-state index in [1.807, 2.05) is 0 Å². The average molecular weight is 614 g/mol. The Hall–Kier alpha value is -3.78. The summed E-state index contributed by atoms with van der Waals surface area (Å²) in [6, 6.07) is 24.7. The van der Waals surface area contributed by atoms with Crippen molar-refractivity contribution >= 4 is 26.7 Å². The van der Waals surface area contributed by atoms with Crippen LogP contribution in [0, 0.1) is 11.3 Å². The van der Waals surface area contributed by atoms with Crippen molar-refractivity contribution in [2.75, 3.05) is 18.3 Å². The summed E-state index contributed by atoms with van der Waals surface area (Å²) in [6.07, 6.45) is 4.97. The number of nitrogens with one attached hydrogen (secondary N) is 1. The van der Waals surface area contributed by atoms with Gasteiger partial charge in [-0.1, -0.05) is 48.5 Å². The van der Waals surface area contributed by atoms with E-state index in [9.17, 15) is 13.7 Å². The highest BCUT2D eigenvalue weighted by molar-refractivity contribution is 7.93. The van der Waals surface area contributed by atoms with E-state index < -0.39 is 10.0 Å². The molecule has 8 nitrogen and oxygen atoms in total. The van der Waals surface area contributed by atoms with Gasteiger partial charge in [-0.25, -0.2) is 13.4 Å². The van der Waals surface area contributed by atoms with Gasteiger partial charge in [0.1, 0.15) is 24.3 Å². The largest absolute Gasteiger partial charge is 0.488 e. The summed E-state index contributed by atoms with van der Waals surface area (Å²) < 4.78 is 38.7. The first-order valence-electron chi connectivity index (χ1n) is 14.6. The first-order valence-corrected chi connectivity index (χ1v) is 16.9. The number of hydrogen-bond acceptors (Lipinski definition) is 8. The lowest BCUT2D eigenvalue weighted by atomic mass is 9.54. The minimum Gasteiger partial charge on any atom is -0.488 e. The van der Waals surface area contributed by atoms with Crippen molar-refractivity contribution in [3.8, 4) is 11.8 Å². The number of aromatic nitrogens is 2. The van der Waals surface area contributed by atoms with E-state index in [1.165, 1.54) is 40.7 Å². The van der Waals surface area contributed by atoms with Gasteiger partial charge in [-0.15, -0.1) is 0 Å². The Morgan fingerprint density at radius 3 is 2.44 bits per heavy atom. The topological polar surface area (TPSA) is 108 Å². The zero-order valence-electron chi connectivity index (χ0n) is 24.5. The van der Waals surface area contributed by atoms with E-state index in [-0.39, 0.29) is 27.1 Å². The van der Waals surface area contributed by atoms with Crippen molar-refractivity contribution in [1.82, 2.24) is 14.3 Å². The fourth-order valence-electron chi connectivity index (χ4n) is 6.72. The summed E-state index contributed by atoms with van der Waals surface area (Å²) in [5.74, 6) is 0.827. The van der Waals surface area contributed by atoms with E-state index in [4.69, 9.17) is 4.74 Å². The van der Waals surface area contributed by atoms with Crippen LogP contribution in [0.1, 0.15) is 73.3 Å². The molecule has 1 unspecified atom stereocenters. The molecule has 1 aromatic heterocycles. The number of benzene rings is 3. The Kier molecular flexibility index (Phi) is 7.98. The standard InChI is InChI=1S/C33H35N5O3S2/c1-22(2)38(3)20-24(41-31-13-12-25(18-23(31)19-34)43(39,40)37-32-35-21-36-42-32)14-16-33-17-15-26(27-8-4-6-10-29(27)33)28-9-5-7-11-30(28)33/h4-13,18,21-22,24,26H,14-17,20H2,1-3H3,(H,35,36,37). The smallest absolute Gasteiger partial charge is 0.263 e. The molecular formula is C33H35N5O3S2. The molecule has 1 N–H and O–H groups in total. The van der Waals surface area contributed by atoms with Gasteiger partial charge in [0.15, 0.2) is 0 Å². The molecule has 0 saturated heterocycles. The molecule has 0 radical (unpaired) electrons. The molecule has 3 aromatic carbocycles. The molecule has 0 fully saturated rings. The van der Waals surface area contributed by atoms with Crippen LogP contribution in [0.5, 0.6) is 5.75 Å². The molecule has 0 saturated carbocycles. The maximum atomic E-state index is 12.9. The van der Waals surface area contributed by atoms with Gasteiger partial charge >= 0.3 is 0 Å². The lowest BCUT2D eigenvalue weighted by molar-refractivity contribution is 0.115. The van der Waals surface area contributed by atoms with Crippen LogP contribution >= 0.6 is 11.5 Å². The van der Waals surface area contributed by atoms with Crippen LogP contribution in [-0.2, 0) is 15.4 Å². The normalized spacial score (nSPS) is 19.5. The fourth-order valence-corrected chi connectivity index (χ4v) is 8.40. The van der Waals surface area contributed by atoms with Crippen molar-refractivity contribution < 1.29 is 13.2 Å². The molecule has 0 amide bonds. The van der Waals surface area contributed by atoms with Gasteiger partial charge in [0.05, 0.1) is 10.5 Å². The Labute approximate surface area is 257 Å². The highest BCUT2D eigenvalue weighted by Gasteiger charge is 2.47. The summed E-state index contributed by atoms with van der Waals surface area (Å²) >= 11 is 0.941. The molecule has 3 aliphatic rings. The maximum Gasteiger partial charge on any atom is 0.263 e. The summed E-state index contributed by atoms with van der Waals surface area (Å²) in [5.41, 5.74) is 5.81. The molecule has 10 heteroatoms. The molecule has 1 atom stereocenters. The van der Waals surface area contributed by atoms with Crippen LogP contribution in [0.15, 0.2) is 78.0 Å². The van der Waals surface area contributed by atoms with E-state index in [1.54, 1.807) is 6.07 Å². The number of ether oxygens (including phenoxy) is 1. The number of sulfonamides is 1. The predicted octanol–water partition coefficient (Wildman–Crippen LogP) is 6.30. The minimum atomic E-state index is -3.94. The number of nitrogens with zero attached hydrogens (tertiary/aromatic N) is 4. The predicted molar refractivity (Wildman–Crippen MR) is 168 cm³/mol. The highest BCUT2D eigenvalue weighted by atomic mass is 32.2. The molecule has 2 bridgehead atoms. The Balaban J connectivity index is 1.29. The van der Waals surface area contributed by atoms with Gasteiger partial charge in [-0.3, -0.25) is 4.72 Å². The number of likely N-dealkylation sites (N-methyl/N-ethyl adjacent to an activating group) is 1. The quantitative estimate of drug-likeness (QED) is 0.211. The zero-order chi connectivity index (χ0) is 30.2. The molecule has 0 aliphatic heterocycles. The number of rotatable bonds is 11. The molecule has 222 valence electrons. The lowest BCUT2D eigenvalue weighted by Crippen LogP contribution is -2.42. The van der Waals surface area contributed by atoms with Crippen LogP contribution in [0.2, 0.25) is 0 Å². The second-order valence-corrected chi connectivity index (χ2v) is 14.2. The number of anilines is 1. The SMILES string of the molecule is CC(C)N(C)CC(CCC12CCC(c3ccccc31)c1ccccc12)Oc1ccc(S(=O)(=O)Nc2ncns2)cc1C#N. The van der Waals surface area contributed by atoms with Crippen LogP contribution in [-0.4, -0.2) is 48.4 Å². The van der Waals surface area contributed by atoms with E-state index in [2.05, 4.69) is 94.5 Å². The number of fused-ring (bicyclic) bond motifs is 1. The third kappa shape index (κ3) is 5.53. The summed E-state index contributed by atoms with van der Waals surface area (Å²) in [7, 11) is -1.86. The molecule has 7 rings (SSSR count). The molecule has 3 aliphatic carbocycles. The third-order valence-electron chi connectivity index (χ3n) is 9.09. The molecule has 4 aromatic rings. The van der Waals surface area contributed by atoms with Gasteiger partial charge in [-0.2, -0.15) is 9.64 Å². The Morgan fingerprint density at radius 1 is 1.12 bits per heavy atom. The summed E-state index contributed by atoms with van der Waals surface area (Å²) in [4.78, 5) is 6.11. The van der Waals surface area contributed by atoms with Crippen molar-refractivity contribution in [2.24, 2.45) is 0 Å². The van der Waals surface area contributed by atoms with Gasteiger partial charge in [0.25, 0.3) is 10.0 Å². The summed E-state index contributed by atoms with van der Waals surface area (Å²) in [6.45, 7) is 4.97. The van der Waals surface area contributed by atoms with Crippen molar-refractivity contribution in [3.63, 3.8) is 0 Å². The van der Waals surface area contributed by atoms with Crippen LogP contribution in [0.3, 0.4) is 0 Å². The number of hydrogen-bond donors (Lipinski definition) is 1. The van der Waals surface area contributed by atoms with Crippen LogP contribution in [0.25, 0.3) is 0 Å². The zero-order valence-corrected chi connectivity index (χ0v) is 26.2. The monoisotopic (exact) mass is 613 g/mol. The van der Waals surface area contributed by atoms with Crippen molar-refractivity contribution in [3.05, 3.63) is 101 Å². The van der Waals surface area contributed by atoms with Gasteiger partial charge in [0, 0.05) is 35.5 Å². The van der Waals surface area contributed by atoms with E-state index in [0.29, 0.717) is 24.3 Å². The van der Waals surface area contributed by atoms with Gasteiger partial charge < -0.3 is 9.64 Å². The van der Waals surface area contributed by atoms with E-state index in [0.717, 1.165) is 37.2 Å². The van der Waals surface area contributed by atoms with Gasteiger partial charge in [-0.05, 0) is 87.0 Å². The Bertz CT molecular complexity index is 1720. The lowest BCUT2D eigenvalue weighted by Gasteiger charge is -2.50. The maximum absolute atomic E-state index is 12.9. The van der Waals surface area contributed by atoms with E-state index >= 15 is 0 Å². The molecular weight excluding hydrogens is 579 g/mol. The molecule has 43 heavy (non-hydrogen) atoms. The second kappa shape index (κ2) is 11.7. The average Bonchev–Trinajstić information content (AvgIpc) is 3.52. The molecule has 0 spiro atoms. The Morgan fingerprint density at radius 2 is 1.81 bits per heavy atom.